The van der Waals surface area contributed by atoms with Crippen molar-refractivity contribution >= 4 is 23.5 Å². The molecule has 0 unspecified atom stereocenters. The van der Waals surface area contributed by atoms with Crippen molar-refractivity contribution in [1.29, 1.82) is 0 Å². The second-order valence-electron chi connectivity index (χ2n) is 9.29. The lowest BCUT2D eigenvalue weighted by Crippen LogP contribution is -2.45. The SMILES string of the molecule is CNc1nc(N[C@H]2CC[C@@H](C(=O)NCc3ccccc3CF)CC2)cc(N2CCN(C)CC2)n1. The molecular weight excluding hydrogens is 433 g/mol. The summed E-state index contributed by atoms with van der Waals surface area (Å²) in [4.78, 5) is 26.6. The number of hydrogen-bond acceptors (Lipinski definition) is 7. The fourth-order valence-corrected chi connectivity index (χ4v) is 4.71. The van der Waals surface area contributed by atoms with Gasteiger partial charge in [0.1, 0.15) is 18.3 Å². The van der Waals surface area contributed by atoms with Gasteiger partial charge in [-0.25, -0.2) is 4.39 Å². The van der Waals surface area contributed by atoms with Crippen molar-refractivity contribution in [3.05, 3.63) is 41.5 Å². The number of likely N-dealkylation sites (N-methyl/N-ethyl adjacent to an activating group) is 1. The van der Waals surface area contributed by atoms with Gasteiger partial charge in [0.2, 0.25) is 11.9 Å². The number of anilines is 3. The van der Waals surface area contributed by atoms with Crippen molar-refractivity contribution in [3.8, 4) is 0 Å². The van der Waals surface area contributed by atoms with Crippen LogP contribution < -0.4 is 20.9 Å². The van der Waals surface area contributed by atoms with E-state index in [0.717, 1.165) is 69.1 Å². The van der Waals surface area contributed by atoms with Gasteiger partial charge in [-0.2, -0.15) is 9.97 Å². The summed E-state index contributed by atoms with van der Waals surface area (Å²) in [6, 6.07) is 9.64. The summed E-state index contributed by atoms with van der Waals surface area (Å²) in [5.41, 5.74) is 1.48. The summed E-state index contributed by atoms with van der Waals surface area (Å²) in [5.74, 6) is 2.43. The first-order chi connectivity index (χ1) is 16.6. The Morgan fingerprint density at radius 3 is 2.44 bits per heavy atom. The van der Waals surface area contributed by atoms with Gasteiger partial charge in [-0.15, -0.1) is 0 Å². The number of piperazine rings is 1. The number of amides is 1. The van der Waals surface area contributed by atoms with Crippen LogP contribution in [-0.4, -0.2) is 67.1 Å². The third-order valence-electron chi connectivity index (χ3n) is 6.93. The predicted octanol–water partition coefficient (Wildman–Crippen LogP) is 3.03. The molecule has 1 aliphatic heterocycles. The molecule has 1 amide bonds. The average molecular weight is 470 g/mol. The normalized spacial score (nSPS) is 21.2. The maximum Gasteiger partial charge on any atom is 0.226 e. The second-order valence-corrected chi connectivity index (χ2v) is 9.29. The van der Waals surface area contributed by atoms with Crippen molar-refractivity contribution in [3.63, 3.8) is 0 Å². The molecule has 184 valence electrons. The van der Waals surface area contributed by atoms with Crippen LogP contribution in [0.15, 0.2) is 30.3 Å². The summed E-state index contributed by atoms with van der Waals surface area (Å²) in [5, 5.41) is 9.66. The standard InChI is InChI=1S/C25H36FN7O/c1-27-25-30-22(15-23(31-25)33-13-11-32(2)12-14-33)29-21-9-7-18(8-10-21)24(34)28-17-20-6-4-3-5-19(20)16-26/h3-6,15,18,21H,7-14,16-17H2,1-2H3,(H,28,34)(H2,27,29,30,31)/t18-,21+. The second kappa shape index (κ2) is 11.5. The highest BCUT2D eigenvalue weighted by molar-refractivity contribution is 5.78. The molecule has 4 rings (SSSR count). The van der Waals surface area contributed by atoms with Crippen LogP contribution >= 0.6 is 0 Å². The Hall–Kier alpha value is -2.94. The zero-order valence-electron chi connectivity index (χ0n) is 20.2. The van der Waals surface area contributed by atoms with E-state index in [4.69, 9.17) is 0 Å². The van der Waals surface area contributed by atoms with Crippen LogP contribution in [-0.2, 0) is 18.0 Å². The van der Waals surface area contributed by atoms with E-state index in [1.807, 2.05) is 31.3 Å². The summed E-state index contributed by atoms with van der Waals surface area (Å²) >= 11 is 0. The average Bonchev–Trinajstić information content (AvgIpc) is 2.88. The molecule has 2 heterocycles. The molecule has 1 aliphatic carbocycles. The van der Waals surface area contributed by atoms with Gasteiger partial charge in [0.05, 0.1) is 0 Å². The molecule has 1 saturated carbocycles. The molecule has 0 spiro atoms. The molecule has 8 nitrogen and oxygen atoms in total. The molecule has 2 aliphatic rings. The number of aromatic nitrogens is 2. The molecule has 2 fully saturated rings. The monoisotopic (exact) mass is 469 g/mol. The molecule has 0 bridgehead atoms. The lowest BCUT2D eigenvalue weighted by Gasteiger charge is -2.33. The molecule has 1 aromatic carbocycles. The Labute approximate surface area is 201 Å². The minimum atomic E-state index is -0.516. The first-order valence-electron chi connectivity index (χ1n) is 12.2. The number of nitrogens with one attached hydrogen (secondary N) is 3. The first-order valence-corrected chi connectivity index (χ1v) is 12.2. The van der Waals surface area contributed by atoms with Crippen LogP contribution in [0.4, 0.5) is 22.0 Å². The van der Waals surface area contributed by atoms with E-state index in [-0.39, 0.29) is 17.9 Å². The molecule has 0 atom stereocenters. The van der Waals surface area contributed by atoms with Gasteiger partial charge in [0, 0.05) is 57.8 Å². The fourth-order valence-electron chi connectivity index (χ4n) is 4.71. The highest BCUT2D eigenvalue weighted by Crippen LogP contribution is 2.28. The zero-order valence-corrected chi connectivity index (χ0v) is 20.2. The minimum absolute atomic E-state index is 0.00485. The number of rotatable bonds is 8. The minimum Gasteiger partial charge on any atom is -0.367 e. The fraction of sp³-hybridized carbons (Fsp3) is 0.560. The number of halogens is 1. The molecule has 1 aromatic heterocycles. The topological polar surface area (TPSA) is 85.4 Å². The molecule has 2 aromatic rings. The van der Waals surface area contributed by atoms with Gasteiger partial charge in [0.15, 0.2) is 0 Å². The zero-order chi connectivity index (χ0) is 23.9. The molecule has 3 N–H and O–H groups in total. The van der Waals surface area contributed by atoms with E-state index < -0.39 is 6.67 Å². The molecule has 9 heteroatoms. The van der Waals surface area contributed by atoms with Crippen LogP contribution in [0.3, 0.4) is 0 Å². The Morgan fingerprint density at radius 2 is 1.76 bits per heavy atom. The highest BCUT2D eigenvalue weighted by Gasteiger charge is 2.27. The predicted molar refractivity (Wildman–Crippen MR) is 134 cm³/mol. The lowest BCUT2D eigenvalue weighted by molar-refractivity contribution is -0.126. The Morgan fingerprint density at radius 1 is 1.06 bits per heavy atom. The van der Waals surface area contributed by atoms with Crippen LogP contribution in [0.5, 0.6) is 0 Å². The van der Waals surface area contributed by atoms with E-state index in [0.29, 0.717) is 18.1 Å². The maximum absolute atomic E-state index is 13.1. The third-order valence-corrected chi connectivity index (χ3v) is 6.93. The van der Waals surface area contributed by atoms with Crippen molar-refractivity contribution in [1.82, 2.24) is 20.2 Å². The van der Waals surface area contributed by atoms with Crippen LogP contribution in [0.2, 0.25) is 0 Å². The first kappa shape index (κ1) is 24.2. The summed E-state index contributed by atoms with van der Waals surface area (Å²) < 4.78 is 13.1. The number of benzene rings is 1. The van der Waals surface area contributed by atoms with Gasteiger partial charge < -0.3 is 25.8 Å². The van der Waals surface area contributed by atoms with Crippen LogP contribution in [0, 0.1) is 5.92 Å². The van der Waals surface area contributed by atoms with E-state index in [9.17, 15) is 9.18 Å². The van der Waals surface area contributed by atoms with E-state index >= 15 is 0 Å². The van der Waals surface area contributed by atoms with Gasteiger partial charge in [-0.1, -0.05) is 24.3 Å². The van der Waals surface area contributed by atoms with Gasteiger partial charge in [-0.3, -0.25) is 4.79 Å². The number of hydrogen-bond donors (Lipinski definition) is 3. The van der Waals surface area contributed by atoms with Gasteiger partial charge in [0.25, 0.3) is 0 Å². The Balaban J connectivity index is 1.29. The van der Waals surface area contributed by atoms with E-state index in [1.165, 1.54) is 0 Å². The van der Waals surface area contributed by atoms with Crippen LogP contribution in [0.25, 0.3) is 0 Å². The van der Waals surface area contributed by atoms with Crippen molar-refractivity contribution in [2.75, 3.05) is 55.8 Å². The number of alkyl halides is 1. The molecular formula is C25H36FN7O. The van der Waals surface area contributed by atoms with E-state index in [2.05, 4.69) is 42.8 Å². The molecule has 0 radical (unpaired) electrons. The number of carbonyl (C=O) groups excluding carboxylic acids is 1. The maximum atomic E-state index is 13.1. The smallest absolute Gasteiger partial charge is 0.226 e. The van der Waals surface area contributed by atoms with Crippen molar-refractivity contribution in [2.24, 2.45) is 5.92 Å². The lowest BCUT2D eigenvalue weighted by atomic mass is 9.85. The largest absolute Gasteiger partial charge is 0.367 e. The summed E-state index contributed by atoms with van der Waals surface area (Å²) in [6.45, 7) is 3.80. The van der Waals surface area contributed by atoms with Crippen LogP contribution in [0.1, 0.15) is 36.8 Å². The molecule has 1 saturated heterocycles. The van der Waals surface area contributed by atoms with Crippen molar-refractivity contribution in [2.45, 2.75) is 44.9 Å². The van der Waals surface area contributed by atoms with Crippen molar-refractivity contribution < 1.29 is 9.18 Å². The quantitative estimate of drug-likeness (QED) is 0.548. The molecule has 34 heavy (non-hydrogen) atoms. The van der Waals surface area contributed by atoms with Gasteiger partial charge >= 0.3 is 0 Å². The Bertz CT molecular complexity index is 956. The number of carbonyl (C=O) groups is 1. The summed E-state index contributed by atoms with van der Waals surface area (Å²) in [7, 11) is 3.98. The highest BCUT2D eigenvalue weighted by atomic mass is 19.1. The van der Waals surface area contributed by atoms with E-state index in [1.54, 1.807) is 6.07 Å². The summed E-state index contributed by atoms with van der Waals surface area (Å²) in [6.07, 6.45) is 3.46. The number of nitrogens with zero attached hydrogens (tertiary/aromatic N) is 4. The third kappa shape index (κ3) is 6.14. The van der Waals surface area contributed by atoms with Gasteiger partial charge in [-0.05, 0) is 43.9 Å². The Kier molecular flexibility index (Phi) is 8.16.